The lowest BCUT2D eigenvalue weighted by atomic mass is 10.0. The van der Waals surface area contributed by atoms with Crippen LogP contribution in [-0.2, 0) is 20.9 Å². The Morgan fingerprint density at radius 3 is 2.46 bits per heavy atom. The molecule has 6 nitrogen and oxygen atoms in total. The second-order valence-electron chi connectivity index (χ2n) is 6.76. The van der Waals surface area contributed by atoms with Gasteiger partial charge in [0.25, 0.3) is 5.91 Å². The van der Waals surface area contributed by atoms with Gasteiger partial charge in [0.05, 0.1) is 24.9 Å². The van der Waals surface area contributed by atoms with Gasteiger partial charge in [0.15, 0.2) is 0 Å². The van der Waals surface area contributed by atoms with Crippen LogP contribution in [0.25, 0.3) is 0 Å². The summed E-state index contributed by atoms with van der Waals surface area (Å²) in [6.07, 6.45) is 1.49. The lowest BCUT2D eigenvalue weighted by Gasteiger charge is -2.25. The molecule has 0 bridgehead atoms. The van der Waals surface area contributed by atoms with Crippen LogP contribution in [0.15, 0.2) is 47.1 Å². The van der Waals surface area contributed by atoms with Gasteiger partial charge in [0.1, 0.15) is 11.8 Å². The Balaban J connectivity index is 1.83. The van der Waals surface area contributed by atoms with Gasteiger partial charge >= 0.3 is 0 Å². The summed E-state index contributed by atoms with van der Waals surface area (Å²) >= 11 is 0. The number of hydrogen-bond donors (Lipinski definition) is 0. The van der Waals surface area contributed by atoms with Crippen molar-refractivity contribution in [2.24, 2.45) is 0 Å². The molecule has 1 aliphatic heterocycles. The summed E-state index contributed by atoms with van der Waals surface area (Å²) in [4.78, 5) is 40.0. The van der Waals surface area contributed by atoms with Gasteiger partial charge in [-0.3, -0.25) is 14.4 Å². The first-order valence-electron chi connectivity index (χ1n) is 8.65. The van der Waals surface area contributed by atoms with Gasteiger partial charge in [-0.1, -0.05) is 26.0 Å². The second-order valence-corrected chi connectivity index (χ2v) is 6.76. The zero-order valence-electron chi connectivity index (χ0n) is 15.1. The molecule has 1 aliphatic rings. The Morgan fingerprint density at radius 2 is 1.92 bits per heavy atom. The molecule has 0 saturated carbocycles. The van der Waals surface area contributed by atoms with Gasteiger partial charge in [0.2, 0.25) is 11.8 Å². The lowest BCUT2D eigenvalue weighted by Crippen LogP contribution is -2.44. The lowest BCUT2D eigenvalue weighted by molar-refractivity contribution is -0.137. The van der Waals surface area contributed by atoms with E-state index in [0.717, 1.165) is 5.56 Å². The summed E-state index contributed by atoms with van der Waals surface area (Å²) in [5, 5.41) is 0. The quantitative estimate of drug-likeness (QED) is 0.774. The zero-order valence-corrected chi connectivity index (χ0v) is 15.1. The van der Waals surface area contributed by atoms with Crippen LogP contribution in [0.3, 0.4) is 0 Å². The fraction of sp³-hybridized carbons (Fsp3) is 0.350. The van der Waals surface area contributed by atoms with Crippen LogP contribution in [0.2, 0.25) is 0 Å². The van der Waals surface area contributed by atoms with E-state index in [1.807, 2.05) is 12.1 Å². The van der Waals surface area contributed by atoms with Crippen molar-refractivity contribution in [1.82, 2.24) is 4.90 Å². The molecule has 0 radical (unpaired) electrons. The predicted molar refractivity (Wildman–Crippen MR) is 96.4 cm³/mol. The number of imide groups is 1. The molecule has 0 N–H and O–H groups in total. The molecule has 2 heterocycles. The molecule has 136 valence electrons. The number of furan rings is 1. The fourth-order valence-electron chi connectivity index (χ4n) is 3.15. The van der Waals surface area contributed by atoms with Crippen LogP contribution >= 0.6 is 0 Å². The number of amides is 3. The van der Waals surface area contributed by atoms with Gasteiger partial charge in [0, 0.05) is 6.92 Å². The van der Waals surface area contributed by atoms with E-state index in [2.05, 4.69) is 13.8 Å². The van der Waals surface area contributed by atoms with Crippen LogP contribution < -0.4 is 4.90 Å². The molecular formula is C20H22N2O4. The fourth-order valence-corrected chi connectivity index (χ4v) is 3.15. The van der Waals surface area contributed by atoms with Crippen molar-refractivity contribution in [3.05, 3.63) is 54.0 Å². The summed E-state index contributed by atoms with van der Waals surface area (Å²) in [5.74, 6) is -0.0231. The maximum Gasteiger partial charge on any atom is 0.257 e. The number of rotatable bonds is 5. The van der Waals surface area contributed by atoms with Gasteiger partial charge in [-0.05, 0) is 35.7 Å². The molecule has 2 aromatic rings. The van der Waals surface area contributed by atoms with Crippen LogP contribution in [-0.4, -0.2) is 28.7 Å². The first-order chi connectivity index (χ1) is 12.4. The van der Waals surface area contributed by atoms with Crippen LogP contribution in [0.1, 0.15) is 44.4 Å². The normalized spacial score (nSPS) is 17.2. The van der Waals surface area contributed by atoms with Crippen LogP contribution in [0.4, 0.5) is 5.69 Å². The summed E-state index contributed by atoms with van der Waals surface area (Å²) in [7, 11) is 0. The number of nitrogens with zero attached hydrogens (tertiary/aromatic N) is 2. The minimum Gasteiger partial charge on any atom is -0.467 e. The summed E-state index contributed by atoms with van der Waals surface area (Å²) in [6.45, 7) is 5.71. The van der Waals surface area contributed by atoms with Crippen molar-refractivity contribution in [2.75, 3.05) is 4.90 Å². The minimum atomic E-state index is -0.810. The first kappa shape index (κ1) is 17.9. The smallest absolute Gasteiger partial charge is 0.257 e. The maximum atomic E-state index is 12.9. The molecule has 1 fully saturated rings. The largest absolute Gasteiger partial charge is 0.467 e. The summed E-state index contributed by atoms with van der Waals surface area (Å²) in [6, 6.07) is 10.0. The van der Waals surface area contributed by atoms with Crippen molar-refractivity contribution < 1.29 is 18.8 Å². The number of carbonyl (C=O) groups excluding carboxylic acids is 3. The molecule has 0 aliphatic carbocycles. The van der Waals surface area contributed by atoms with E-state index in [1.54, 1.807) is 24.3 Å². The highest BCUT2D eigenvalue weighted by atomic mass is 16.3. The van der Waals surface area contributed by atoms with Gasteiger partial charge in [-0.15, -0.1) is 0 Å². The van der Waals surface area contributed by atoms with Crippen molar-refractivity contribution in [3.8, 4) is 0 Å². The minimum absolute atomic E-state index is 0.0228. The highest BCUT2D eigenvalue weighted by Gasteiger charge is 2.43. The van der Waals surface area contributed by atoms with E-state index in [-0.39, 0.29) is 30.7 Å². The Morgan fingerprint density at radius 1 is 1.23 bits per heavy atom. The molecule has 1 atom stereocenters. The highest BCUT2D eigenvalue weighted by molar-refractivity contribution is 6.22. The Hall–Kier alpha value is -2.89. The summed E-state index contributed by atoms with van der Waals surface area (Å²) < 4.78 is 5.28. The van der Waals surface area contributed by atoms with E-state index in [0.29, 0.717) is 17.4 Å². The molecule has 26 heavy (non-hydrogen) atoms. The van der Waals surface area contributed by atoms with Gasteiger partial charge in [-0.2, -0.15) is 0 Å². The average molecular weight is 354 g/mol. The zero-order chi connectivity index (χ0) is 18.8. The third-order valence-electron chi connectivity index (χ3n) is 4.63. The van der Waals surface area contributed by atoms with E-state index in [1.165, 1.54) is 23.0 Å². The third kappa shape index (κ3) is 3.40. The van der Waals surface area contributed by atoms with E-state index < -0.39 is 6.04 Å². The molecule has 1 unspecified atom stereocenters. The molecule has 3 amide bonds. The van der Waals surface area contributed by atoms with Crippen molar-refractivity contribution in [3.63, 3.8) is 0 Å². The van der Waals surface area contributed by atoms with Crippen LogP contribution in [0, 0.1) is 0 Å². The summed E-state index contributed by atoms with van der Waals surface area (Å²) in [5.41, 5.74) is 1.67. The third-order valence-corrected chi connectivity index (χ3v) is 4.63. The second kappa shape index (κ2) is 7.15. The Kier molecular flexibility index (Phi) is 4.93. The molecular weight excluding hydrogens is 332 g/mol. The SMILES string of the molecule is CC(=O)N(Cc1ccco1)C1CC(=O)N(c2ccc(C(C)C)cc2)C1=O. The van der Waals surface area contributed by atoms with Crippen molar-refractivity contribution >= 4 is 23.4 Å². The topological polar surface area (TPSA) is 70.8 Å². The number of carbonyl (C=O) groups is 3. The van der Waals surface area contributed by atoms with Crippen LogP contribution in [0.5, 0.6) is 0 Å². The van der Waals surface area contributed by atoms with Gasteiger partial charge < -0.3 is 9.32 Å². The van der Waals surface area contributed by atoms with Crippen molar-refractivity contribution in [1.29, 1.82) is 0 Å². The number of benzene rings is 1. The van der Waals surface area contributed by atoms with E-state index in [4.69, 9.17) is 4.42 Å². The predicted octanol–water partition coefficient (Wildman–Crippen LogP) is 3.08. The molecule has 0 spiro atoms. The van der Waals surface area contributed by atoms with E-state index >= 15 is 0 Å². The monoisotopic (exact) mass is 354 g/mol. The van der Waals surface area contributed by atoms with Crippen molar-refractivity contribution in [2.45, 2.75) is 45.7 Å². The highest BCUT2D eigenvalue weighted by Crippen LogP contribution is 2.28. The molecule has 1 saturated heterocycles. The molecule has 1 aromatic carbocycles. The number of hydrogen-bond acceptors (Lipinski definition) is 4. The Bertz CT molecular complexity index is 809. The van der Waals surface area contributed by atoms with E-state index in [9.17, 15) is 14.4 Å². The maximum absolute atomic E-state index is 12.9. The standard InChI is InChI=1S/C20H22N2O4/c1-13(2)15-6-8-16(9-7-15)22-19(24)11-18(20(22)25)21(14(3)23)12-17-5-4-10-26-17/h4-10,13,18H,11-12H2,1-3H3. The number of anilines is 1. The Labute approximate surface area is 152 Å². The van der Waals surface area contributed by atoms with Gasteiger partial charge in [-0.25, -0.2) is 4.90 Å². The molecule has 6 heteroatoms. The first-order valence-corrected chi connectivity index (χ1v) is 8.65. The molecule has 3 rings (SSSR count). The molecule has 1 aromatic heterocycles. The average Bonchev–Trinajstić information content (AvgIpc) is 3.20.